The highest BCUT2D eigenvalue weighted by atomic mass is 15.4. The molecule has 2 heterocycles. The first-order valence-corrected chi connectivity index (χ1v) is 8.95. The Morgan fingerprint density at radius 2 is 1.86 bits per heavy atom. The third-order valence-corrected chi connectivity index (χ3v) is 4.36. The maximum atomic E-state index is 4.61. The number of rotatable bonds is 5. The van der Waals surface area contributed by atoms with Gasteiger partial charge in [0.1, 0.15) is 5.84 Å². The molecule has 3 aromatic rings. The smallest absolute Gasteiger partial charge is 0.272 e. The van der Waals surface area contributed by atoms with E-state index in [0.29, 0.717) is 17.6 Å². The van der Waals surface area contributed by atoms with Crippen LogP contribution < -0.4 is 0 Å². The molecule has 6 nitrogen and oxygen atoms in total. The third-order valence-electron chi connectivity index (χ3n) is 4.36. The number of aryl methyl sites for hydroxylation is 2. The van der Waals surface area contributed by atoms with Crippen molar-refractivity contribution in [2.24, 2.45) is 4.99 Å². The Morgan fingerprint density at radius 3 is 2.46 bits per heavy atom. The number of likely N-dealkylation sites (N-methyl/N-ethyl adjacent to an activating group) is 1. The van der Waals surface area contributed by atoms with Crippen LogP contribution in [0.2, 0.25) is 0 Å². The van der Waals surface area contributed by atoms with Crippen LogP contribution in [0.4, 0.5) is 5.95 Å². The number of nitrogens with zero attached hydrogens (tertiary/aromatic N) is 6. The van der Waals surface area contributed by atoms with Crippen LogP contribution in [-0.2, 0) is 0 Å². The zero-order chi connectivity index (χ0) is 20.3. The van der Waals surface area contributed by atoms with Gasteiger partial charge in [-0.15, -0.1) is 5.10 Å². The molecule has 0 saturated heterocycles. The standard InChI is InChI=1S/C22H24N6/c1-7-9-17(8-2)20(27(5)6)24-21-25-22-23-14-19(16(4)28(22)26-21)18-12-10-15(3)11-13-18/h7-14H,1-2H2,3-6H3/b17-9+,24-20-. The van der Waals surface area contributed by atoms with Gasteiger partial charge in [-0.1, -0.05) is 61.2 Å². The average molecular weight is 372 g/mol. The molecular weight excluding hydrogens is 348 g/mol. The normalized spacial score (nSPS) is 12.3. The van der Waals surface area contributed by atoms with Crippen molar-refractivity contribution in [3.63, 3.8) is 0 Å². The van der Waals surface area contributed by atoms with Gasteiger partial charge in [-0.2, -0.15) is 14.5 Å². The third kappa shape index (κ3) is 3.76. The first-order chi connectivity index (χ1) is 13.4. The number of hydrogen-bond donors (Lipinski definition) is 0. The molecule has 0 aliphatic heterocycles. The minimum atomic E-state index is 0.345. The fourth-order valence-electron chi connectivity index (χ4n) is 2.87. The lowest BCUT2D eigenvalue weighted by Crippen LogP contribution is -2.23. The summed E-state index contributed by atoms with van der Waals surface area (Å²) in [6.45, 7) is 11.7. The van der Waals surface area contributed by atoms with E-state index in [2.05, 4.69) is 64.4 Å². The van der Waals surface area contributed by atoms with Crippen molar-refractivity contribution >= 4 is 17.6 Å². The van der Waals surface area contributed by atoms with Crippen molar-refractivity contribution in [2.45, 2.75) is 13.8 Å². The monoisotopic (exact) mass is 372 g/mol. The predicted molar refractivity (Wildman–Crippen MR) is 115 cm³/mol. The van der Waals surface area contributed by atoms with Crippen molar-refractivity contribution in [1.29, 1.82) is 0 Å². The van der Waals surface area contributed by atoms with Gasteiger partial charge in [0.2, 0.25) is 0 Å². The molecule has 28 heavy (non-hydrogen) atoms. The first-order valence-electron chi connectivity index (χ1n) is 8.95. The van der Waals surface area contributed by atoms with Crippen LogP contribution in [0.3, 0.4) is 0 Å². The zero-order valence-electron chi connectivity index (χ0n) is 16.7. The summed E-state index contributed by atoms with van der Waals surface area (Å²) < 4.78 is 1.73. The Kier molecular flexibility index (Phi) is 5.49. The molecule has 2 aromatic heterocycles. The lowest BCUT2D eigenvalue weighted by Gasteiger charge is -2.15. The quantitative estimate of drug-likeness (QED) is 0.381. The molecule has 0 amide bonds. The van der Waals surface area contributed by atoms with Gasteiger partial charge < -0.3 is 4.90 Å². The predicted octanol–water partition coefficient (Wildman–Crippen LogP) is 4.30. The summed E-state index contributed by atoms with van der Waals surface area (Å²) in [4.78, 5) is 15.4. The number of allylic oxidation sites excluding steroid dienone is 2. The molecule has 0 aliphatic rings. The lowest BCUT2D eigenvalue weighted by atomic mass is 10.0. The van der Waals surface area contributed by atoms with Gasteiger partial charge in [0.15, 0.2) is 0 Å². The number of benzene rings is 1. The van der Waals surface area contributed by atoms with Gasteiger partial charge >= 0.3 is 0 Å². The molecule has 142 valence electrons. The summed E-state index contributed by atoms with van der Waals surface area (Å²) in [5.74, 6) is 1.55. The summed E-state index contributed by atoms with van der Waals surface area (Å²) in [6.07, 6.45) is 7.11. The second-order valence-corrected chi connectivity index (χ2v) is 6.64. The molecule has 1 aromatic carbocycles. The fraction of sp³-hybridized carbons (Fsp3) is 0.182. The molecule has 6 heteroatoms. The molecule has 0 aliphatic carbocycles. The molecular formula is C22H24N6. The van der Waals surface area contributed by atoms with Crippen LogP contribution in [0, 0.1) is 13.8 Å². The second-order valence-electron chi connectivity index (χ2n) is 6.64. The van der Waals surface area contributed by atoms with E-state index in [0.717, 1.165) is 22.4 Å². The van der Waals surface area contributed by atoms with E-state index in [4.69, 9.17) is 0 Å². The number of aliphatic imine (C=N–C) groups is 1. The Morgan fingerprint density at radius 1 is 1.14 bits per heavy atom. The van der Waals surface area contributed by atoms with Crippen molar-refractivity contribution < 1.29 is 0 Å². The molecule has 0 saturated carbocycles. The molecule has 0 spiro atoms. The highest BCUT2D eigenvalue weighted by molar-refractivity contribution is 6.01. The fourth-order valence-corrected chi connectivity index (χ4v) is 2.87. The van der Waals surface area contributed by atoms with E-state index in [1.165, 1.54) is 5.56 Å². The highest BCUT2D eigenvalue weighted by Crippen LogP contribution is 2.24. The average Bonchev–Trinajstić information content (AvgIpc) is 3.09. The number of aromatic nitrogens is 4. The van der Waals surface area contributed by atoms with Crippen LogP contribution in [0.15, 0.2) is 72.4 Å². The van der Waals surface area contributed by atoms with Gasteiger partial charge in [0, 0.05) is 31.4 Å². The molecule has 0 radical (unpaired) electrons. The number of amidine groups is 1. The molecule has 0 bridgehead atoms. The van der Waals surface area contributed by atoms with Gasteiger partial charge in [0.05, 0.1) is 5.69 Å². The Bertz CT molecular complexity index is 1080. The summed E-state index contributed by atoms with van der Waals surface area (Å²) >= 11 is 0. The maximum Gasteiger partial charge on any atom is 0.272 e. The molecule has 0 atom stereocenters. The number of hydrogen-bond acceptors (Lipinski definition) is 4. The van der Waals surface area contributed by atoms with Crippen molar-refractivity contribution in [3.05, 3.63) is 78.7 Å². The van der Waals surface area contributed by atoms with Gasteiger partial charge in [-0.05, 0) is 19.4 Å². The van der Waals surface area contributed by atoms with Crippen LogP contribution in [0.5, 0.6) is 0 Å². The molecule has 0 N–H and O–H groups in total. The van der Waals surface area contributed by atoms with E-state index in [1.54, 1.807) is 16.7 Å². The second kappa shape index (κ2) is 8.00. The lowest BCUT2D eigenvalue weighted by molar-refractivity contribution is 0.623. The van der Waals surface area contributed by atoms with Crippen LogP contribution in [-0.4, -0.2) is 44.4 Å². The Hall–Kier alpha value is -3.54. The van der Waals surface area contributed by atoms with Crippen LogP contribution in [0.25, 0.3) is 16.9 Å². The maximum absolute atomic E-state index is 4.61. The van der Waals surface area contributed by atoms with Crippen LogP contribution in [0.1, 0.15) is 11.3 Å². The van der Waals surface area contributed by atoms with E-state index in [-0.39, 0.29) is 0 Å². The topological polar surface area (TPSA) is 58.7 Å². The van der Waals surface area contributed by atoms with Crippen molar-refractivity contribution in [2.75, 3.05) is 14.1 Å². The van der Waals surface area contributed by atoms with Crippen molar-refractivity contribution in [1.82, 2.24) is 24.5 Å². The number of fused-ring (bicyclic) bond motifs is 1. The Labute approximate surface area is 165 Å². The SMILES string of the molecule is C=C/C=C(C=C)/C(=N/c1nc2ncc(-c3ccc(C)cc3)c(C)n2n1)N(C)C. The summed E-state index contributed by atoms with van der Waals surface area (Å²) in [7, 11) is 3.82. The van der Waals surface area contributed by atoms with Crippen molar-refractivity contribution in [3.8, 4) is 11.1 Å². The zero-order valence-corrected chi connectivity index (χ0v) is 16.7. The molecule has 0 fully saturated rings. The van der Waals surface area contributed by atoms with E-state index in [1.807, 2.05) is 38.2 Å². The highest BCUT2D eigenvalue weighted by Gasteiger charge is 2.13. The largest absolute Gasteiger partial charge is 0.362 e. The van der Waals surface area contributed by atoms with Gasteiger partial charge in [-0.3, -0.25) is 0 Å². The minimum Gasteiger partial charge on any atom is -0.362 e. The summed E-state index contributed by atoms with van der Waals surface area (Å²) in [6, 6.07) is 8.34. The summed E-state index contributed by atoms with van der Waals surface area (Å²) in [5.41, 5.74) is 5.12. The Balaban J connectivity index is 2.10. The van der Waals surface area contributed by atoms with E-state index < -0.39 is 0 Å². The molecule has 0 unspecified atom stereocenters. The van der Waals surface area contributed by atoms with E-state index in [9.17, 15) is 0 Å². The minimum absolute atomic E-state index is 0.345. The van der Waals surface area contributed by atoms with E-state index >= 15 is 0 Å². The van der Waals surface area contributed by atoms with Crippen LogP contribution >= 0.6 is 0 Å². The van der Waals surface area contributed by atoms with Gasteiger partial charge in [0.25, 0.3) is 11.7 Å². The van der Waals surface area contributed by atoms with Gasteiger partial charge in [-0.25, -0.2) is 4.98 Å². The first kappa shape index (κ1) is 19.2. The summed E-state index contributed by atoms with van der Waals surface area (Å²) in [5, 5.41) is 4.56. The molecule has 3 rings (SSSR count).